The highest BCUT2D eigenvalue weighted by atomic mass is 16.2. The summed E-state index contributed by atoms with van der Waals surface area (Å²) in [5.74, 6) is 0. The van der Waals surface area contributed by atoms with Crippen LogP contribution in [0.4, 0.5) is 10.5 Å². The second kappa shape index (κ2) is 6.40. The van der Waals surface area contributed by atoms with Gasteiger partial charge in [0.05, 0.1) is 0 Å². The number of benzene rings is 1. The van der Waals surface area contributed by atoms with Gasteiger partial charge >= 0.3 is 6.03 Å². The van der Waals surface area contributed by atoms with Gasteiger partial charge in [0.2, 0.25) is 0 Å². The average Bonchev–Trinajstić information content (AvgIpc) is 2.94. The van der Waals surface area contributed by atoms with Crippen LogP contribution < -0.4 is 10.6 Å². The van der Waals surface area contributed by atoms with Gasteiger partial charge in [-0.05, 0) is 37.9 Å². The van der Waals surface area contributed by atoms with Gasteiger partial charge in [0.15, 0.2) is 0 Å². The van der Waals surface area contributed by atoms with Crippen LogP contribution in [-0.4, -0.2) is 37.1 Å². The number of amides is 2. The molecule has 0 aliphatic carbocycles. The third kappa shape index (κ3) is 3.01. The van der Waals surface area contributed by atoms with Crippen LogP contribution in [0, 0.1) is 0 Å². The van der Waals surface area contributed by atoms with E-state index in [0.717, 1.165) is 38.0 Å². The largest absolute Gasteiger partial charge is 0.330 e. The van der Waals surface area contributed by atoms with E-state index in [0.29, 0.717) is 13.1 Å². The molecule has 4 heteroatoms. The van der Waals surface area contributed by atoms with E-state index < -0.39 is 0 Å². The second-order valence-corrected chi connectivity index (χ2v) is 4.61. The minimum Gasteiger partial charge on any atom is -0.330 e. The van der Waals surface area contributed by atoms with Crippen molar-refractivity contribution in [1.29, 1.82) is 0 Å². The van der Waals surface area contributed by atoms with Gasteiger partial charge in [-0.15, -0.1) is 0 Å². The van der Waals surface area contributed by atoms with E-state index in [1.807, 2.05) is 40.1 Å². The normalized spacial score (nSPS) is 14.8. The molecule has 0 saturated carbocycles. The zero-order valence-corrected chi connectivity index (χ0v) is 10.7. The van der Waals surface area contributed by atoms with Gasteiger partial charge < -0.3 is 10.6 Å². The molecule has 1 aromatic carbocycles. The highest BCUT2D eigenvalue weighted by Gasteiger charge is 2.24. The van der Waals surface area contributed by atoms with Crippen molar-refractivity contribution in [3.63, 3.8) is 0 Å². The summed E-state index contributed by atoms with van der Waals surface area (Å²) >= 11 is 0. The fraction of sp³-hybridized carbons (Fsp3) is 0.500. The van der Waals surface area contributed by atoms with Crippen molar-refractivity contribution < 1.29 is 4.79 Å². The van der Waals surface area contributed by atoms with Gasteiger partial charge in [0.25, 0.3) is 0 Å². The maximum absolute atomic E-state index is 12.5. The van der Waals surface area contributed by atoms with Gasteiger partial charge in [-0.25, -0.2) is 4.79 Å². The van der Waals surface area contributed by atoms with E-state index >= 15 is 0 Å². The number of nitrogens with two attached hydrogens (primary N) is 1. The molecule has 1 aromatic rings. The van der Waals surface area contributed by atoms with Crippen LogP contribution in [-0.2, 0) is 0 Å². The average molecular weight is 247 g/mol. The van der Waals surface area contributed by atoms with Gasteiger partial charge in [-0.1, -0.05) is 18.2 Å². The number of hydrogen-bond donors (Lipinski definition) is 1. The SMILES string of the molecule is NCCCN(C(=O)N1CCCC1)c1ccccc1. The first-order valence-electron chi connectivity index (χ1n) is 6.64. The Morgan fingerprint density at radius 1 is 1.22 bits per heavy atom. The number of nitrogens with zero attached hydrogens (tertiary/aromatic N) is 2. The number of hydrogen-bond acceptors (Lipinski definition) is 2. The van der Waals surface area contributed by atoms with Crippen LogP contribution in [0.1, 0.15) is 19.3 Å². The smallest absolute Gasteiger partial charge is 0.324 e. The molecule has 1 fully saturated rings. The van der Waals surface area contributed by atoms with E-state index in [-0.39, 0.29) is 6.03 Å². The summed E-state index contributed by atoms with van der Waals surface area (Å²) in [6.07, 6.45) is 3.06. The summed E-state index contributed by atoms with van der Waals surface area (Å²) in [7, 11) is 0. The van der Waals surface area contributed by atoms with Crippen LogP contribution in [0.3, 0.4) is 0 Å². The molecule has 0 unspecified atom stereocenters. The molecule has 2 amide bonds. The summed E-state index contributed by atoms with van der Waals surface area (Å²) < 4.78 is 0. The Labute approximate surface area is 108 Å². The zero-order valence-electron chi connectivity index (χ0n) is 10.7. The fourth-order valence-corrected chi connectivity index (χ4v) is 2.27. The van der Waals surface area contributed by atoms with Crippen molar-refractivity contribution in [1.82, 2.24) is 4.90 Å². The Kier molecular flexibility index (Phi) is 4.59. The summed E-state index contributed by atoms with van der Waals surface area (Å²) in [6.45, 7) is 3.06. The maximum atomic E-state index is 12.5. The van der Waals surface area contributed by atoms with E-state index in [2.05, 4.69) is 0 Å². The number of para-hydroxylation sites is 1. The van der Waals surface area contributed by atoms with Gasteiger partial charge in [-0.3, -0.25) is 4.90 Å². The number of likely N-dealkylation sites (tertiary alicyclic amines) is 1. The highest BCUT2D eigenvalue weighted by Crippen LogP contribution is 2.18. The summed E-state index contributed by atoms with van der Waals surface area (Å²) in [5.41, 5.74) is 6.52. The second-order valence-electron chi connectivity index (χ2n) is 4.61. The molecule has 0 radical (unpaired) electrons. The van der Waals surface area contributed by atoms with E-state index in [1.54, 1.807) is 0 Å². The molecular weight excluding hydrogens is 226 g/mol. The molecule has 2 N–H and O–H groups in total. The standard InChI is InChI=1S/C14H21N3O/c15-9-6-12-17(13-7-2-1-3-8-13)14(18)16-10-4-5-11-16/h1-3,7-8H,4-6,9-12,15H2. The molecule has 4 nitrogen and oxygen atoms in total. The molecule has 0 aromatic heterocycles. The molecule has 0 atom stereocenters. The molecule has 0 bridgehead atoms. The molecule has 1 aliphatic rings. The van der Waals surface area contributed by atoms with Crippen LogP contribution in [0.2, 0.25) is 0 Å². The van der Waals surface area contributed by atoms with Crippen molar-refractivity contribution in [3.05, 3.63) is 30.3 Å². The lowest BCUT2D eigenvalue weighted by atomic mass is 10.2. The van der Waals surface area contributed by atoms with Gasteiger partial charge in [0, 0.05) is 25.3 Å². The number of rotatable bonds is 4. The number of carbonyl (C=O) groups excluding carboxylic acids is 1. The topological polar surface area (TPSA) is 49.6 Å². The Morgan fingerprint density at radius 2 is 1.89 bits per heavy atom. The molecule has 18 heavy (non-hydrogen) atoms. The molecule has 2 rings (SSSR count). The maximum Gasteiger partial charge on any atom is 0.324 e. The van der Waals surface area contributed by atoms with E-state index in [1.165, 1.54) is 0 Å². The van der Waals surface area contributed by atoms with Crippen LogP contribution in [0.25, 0.3) is 0 Å². The minimum atomic E-state index is 0.118. The highest BCUT2D eigenvalue weighted by molar-refractivity contribution is 5.92. The lowest BCUT2D eigenvalue weighted by Gasteiger charge is -2.28. The molecule has 0 spiro atoms. The molecule has 1 aliphatic heterocycles. The van der Waals surface area contributed by atoms with Gasteiger partial charge in [0.1, 0.15) is 0 Å². The third-order valence-corrected chi connectivity index (χ3v) is 3.26. The molecule has 98 valence electrons. The predicted molar refractivity (Wildman–Crippen MR) is 73.7 cm³/mol. The van der Waals surface area contributed by atoms with Crippen molar-refractivity contribution in [2.24, 2.45) is 5.73 Å². The first-order chi connectivity index (χ1) is 8.83. The Bertz CT molecular complexity index is 374. The van der Waals surface area contributed by atoms with E-state index in [4.69, 9.17) is 5.73 Å². The summed E-state index contributed by atoms with van der Waals surface area (Å²) in [5, 5.41) is 0. The molecular formula is C14H21N3O. The Morgan fingerprint density at radius 3 is 2.50 bits per heavy atom. The fourth-order valence-electron chi connectivity index (χ4n) is 2.27. The Balaban J connectivity index is 2.11. The summed E-state index contributed by atoms with van der Waals surface area (Å²) in [4.78, 5) is 16.2. The quantitative estimate of drug-likeness (QED) is 0.885. The third-order valence-electron chi connectivity index (χ3n) is 3.26. The summed E-state index contributed by atoms with van der Waals surface area (Å²) in [6, 6.07) is 9.96. The first-order valence-corrected chi connectivity index (χ1v) is 6.64. The first kappa shape index (κ1) is 12.9. The molecule has 1 heterocycles. The number of urea groups is 1. The van der Waals surface area contributed by atoms with Crippen LogP contribution >= 0.6 is 0 Å². The van der Waals surface area contributed by atoms with Crippen LogP contribution in [0.5, 0.6) is 0 Å². The van der Waals surface area contributed by atoms with Crippen molar-refractivity contribution in [2.45, 2.75) is 19.3 Å². The minimum absolute atomic E-state index is 0.118. The lowest BCUT2D eigenvalue weighted by Crippen LogP contribution is -2.42. The van der Waals surface area contributed by atoms with Crippen LogP contribution in [0.15, 0.2) is 30.3 Å². The van der Waals surface area contributed by atoms with Crippen molar-refractivity contribution in [3.8, 4) is 0 Å². The van der Waals surface area contributed by atoms with E-state index in [9.17, 15) is 4.79 Å². The molecule has 1 saturated heterocycles. The zero-order chi connectivity index (χ0) is 12.8. The lowest BCUT2D eigenvalue weighted by molar-refractivity contribution is 0.215. The number of carbonyl (C=O) groups is 1. The van der Waals surface area contributed by atoms with Gasteiger partial charge in [-0.2, -0.15) is 0 Å². The predicted octanol–water partition coefficient (Wildman–Crippen LogP) is 2.06. The number of anilines is 1. The van der Waals surface area contributed by atoms with Crippen molar-refractivity contribution in [2.75, 3.05) is 31.1 Å². The van der Waals surface area contributed by atoms with Crippen molar-refractivity contribution >= 4 is 11.7 Å². The monoisotopic (exact) mass is 247 g/mol. The Hall–Kier alpha value is -1.55.